The van der Waals surface area contributed by atoms with E-state index in [1.54, 1.807) is 0 Å². The molecule has 0 aliphatic carbocycles. The number of rotatable bonds is 2. The normalized spacial score (nSPS) is 37.9. The highest BCUT2D eigenvalue weighted by Gasteiger charge is 2.31. The monoisotopic (exact) mass is 269 g/mol. The number of ether oxygens (including phenoxy) is 1. The summed E-state index contributed by atoms with van der Waals surface area (Å²) < 4.78 is 28.2. The minimum atomic E-state index is -2.74. The standard InChI is InChI=1S/C10H19NO3S.ClH/c1-8-5-11-10(14-6-8)4-9-2-3-15(12,13)7-9;/h8-11H,2-7H2,1H3;1H. The van der Waals surface area contributed by atoms with Crippen molar-refractivity contribution >= 4 is 22.2 Å². The molecule has 0 aromatic carbocycles. The highest BCUT2D eigenvalue weighted by molar-refractivity contribution is 7.91. The second-order valence-electron chi connectivity index (χ2n) is 4.84. The fraction of sp³-hybridized carbons (Fsp3) is 1.00. The SMILES string of the molecule is CC1CNC(CC2CCS(=O)(=O)C2)OC1.Cl. The maximum Gasteiger partial charge on any atom is 0.150 e. The van der Waals surface area contributed by atoms with Gasteiger partial charge in [0.25, 0.3) is 0 Å². The number of sulfone groups is 1. The van der Waals surface area contributed by atoms with E-state index in [1.807, 2.05) is 0 Å². The fourth-order valence-electron chi connectivity index (χ4n) is 2.24. The Kier molecular flexibility index (Phi) is 5.04. The Balaban J connectivity index is 0.00000128. The zero-order chi connectivity index (χ0) is 10.9. The van der Waals surface area contributed by atoms with Crippen molar-refractivity contribution in [1.29, 1.82) is 0 Å². The summed E-state index contributed by atoms with van der Waals surface area (Å²) in [7, 11) is -2.74. The van der Waals surface area contributed by atoms with Crippen LogP contribution in [0.3, 0.4) is 0 Å². The zero-order valence-electron chi connectivity index (χ0n) is 9.52. The van der Waals surface area contributed by atoms with Gasteiger partial charge in [-0.3, -0.25) is 5.32 Å². The van der Waals surface area contributed by atoms with Gasteiger partial charge in [-0.25, -0.2) is 8.42 Å². The van der Waals surface area contributed by atoms with Gasteiger partial charge in [-0.05, 0) is 24.7 Å². The Hall–Kier alpha value is 0.160. The van der Waals surface area contributed by atoms with Crippen LogP contribution < -0.4 is 5.32 Å². The molecule has 16 heavy (non-hydrogen) atoms. The van der Waals surface area contributed by atoms with Crippen molar-refractivity contribution in [3.63, 3.8) is 0 Å². The van der Waals surface area contributed by atoms with E-state index in [4.69, 9.17) is 4.74 Å². The van der Waals surface area contributed by atoms with Crippen molar-refractivity contribution < 1.29 is 13.2 Å². The zero-order valence-corrected chi connectivity index (χ0v) is 11.1. The minimum Gasteiger partial charge on any atom is -0.363 e. The van der Waals surface area contributed by atoms with Crippen LogP contribution in [-0.4, -0.2) is 39.3 Å². The van der Waals surface area contributed by atoms with Gasteiger partial charge < -0.3 is 4.74 Å². The van der Waals surface area contributed by atoms with Gasteiger partial charge in [0.15, 0.2) is 9.84 Å². The van der Waals surface area contributed by atoms with Crippen LogP contribution in [0.4, 0.5) is 0 Å². The molecule has 0 radical (unpaired) electrons. The van der Waals surface area contributed by atoms with Crippen LogP contribution in [0.25, 0.3) is 0 Å². The second kappa shape index (κ2) is 5.67. The number of halogens is 1. The van der Waals surface area contributed by atoms with Crippen molar-refractivity contribution in [3.05, 3.63) is 0 Å². The second-order valence-corrected chi connectivity index (χ2v) is 7.07. The van der Waals surface area contributed by atoms with E-state index in [-0.39, 0.29) is 18.6 Å². The third kappa shape index (κ3) is 3.87. The number of hydrogen-bond acceptors (Lipinski definition) is 4. The van der Waals surface area contributed by atoms with Gasteiger partial charge in [0.1, 0.15) is 6.23 Å². The molecule has 6 heteroatoms. The van der Waals surface area contributed by atoms with Gasteiger partial charge in [-0.15, -0.1) is 12.4 Å². The molecule has 0 bridgehead atoms. The first-order valence-electron chi connectivity index (χ1n) is 5.60. The van der Waals surface area contributed by atoms with E-state index in [9.17, 15) is 8.42 Å². The van der Waals surface area contributed by atoms with E-state index in [0.717, 1.165) is 26.0 Å². The largest absolute Gasteiger partial charge is 0.363 e. The molecular formula is C10H20ClNO3S. The number of nitrogens with one attached hydrogen (secondary N) is 1. The van der Waals surface area contributed by atoms with Crippen LogP contribution in [-0.2, 0) is 14.6 Å². The highest BCUT2D eigenvalue weighted by atomic mass is 35.5. The van der Waals surface area contributed by atoms with Crippen molar-refractivity contribution in [3.8, 4) is 0 Å². The highest BCUT2D eigenvalue weighted by Crippen LogP contribution is 2.24. The quantitative estimate of drug-likeness (QED) is 0.806. The smallest absolute Gasteiger partial charge is 0.150 e. The van der Waals surface area contributed by atoms with E-state index in [2.05, 4.69) is 12.2 Å². The molecule has 3 atom stereocenters. The van der Waals surface area contributed by atoms with E-state index < -0.39 is 9.84 Å². The summed E-state index contributed by atoms with van der Waals surface area (Å²) in [6.45, 7) is 3.91. The summed E-state index contributed by atoms with van der Waals surface area (Å²) in [5.74, 6) is 1.57. The van der Waals surface area contributed by atoms with Gasteiger partial charge in [0, 0.05) is 6.54 Å². The lowest BCUT2D eigenvalue weighted by Gasteiger charge is -2.29. The predicted octanol–water partition coefficient (Wildman–Crippen LogP) is 0.815. The maximum atomic E-state index is 11.3. The molecule has 2 rings (SSSR count). The molecule has 0 aromatic heterocycles. The first-order valence-corrected chi connectivity index (χ1v) is 7.43. The van der Waals surface area contributed by atoms with Crippen LogP contribution in [0.1, 0.15) is 19.8 Å². The average Bonchev–Trinajstić information content (AvgIpc) is 2.50. The van der Waals surface area contributed by atoms with Crippen LogP contribution in [0.5, 0.6) is 0 Å². The third-order valence-corrected chi connectivity index (χ3v) is 4.99. The maximum absolute atomic E-state index is 11.3. The van der Waals surface area contributed by atoms with Crippen molar-refractivity contribution in [2.45, 2.75) is 26.0 Å². The molecule has 2 saturated heterocycles. The van der Waals surface area contributed by atoms with E-state index in [1.165, 1.54) is 0 Å². The summed E-state index contributed by atoms with van der Waals surface area (Å²) in [4.78, 5) is 0. The van der Waals surface area contributed by atoms with Gasteiger partial charge in [-0.2, -0.15) is 0 Å². The van der Waals surface area contributed by atoms with Crippen LogP contribution in [0.2, 0.25) is 0 Å². The molecule has 3 unspecified atom stereocenters. The van der Waals surface area contributed by atoms with Crippen LogP contribution >= 0.6 is 12.4 Å². The van der Waals surface area contributed by atoms with Crippen LogP contribution in [0, 0.1) is 11.8 Å². The first-order chi connectivity index (χ1) is 7.05. The molecule has 0 spiro atoms. The lowest BCUT2D eigenvalue weighted by atomic mass is 10.0. The Morgan fingerprint density at radius 2 is 2.19 bits per heavy atom. The molecule has 96 valence electrons. The number of hydrogen-bond donors (Lipinski definition) is 1. The van der Waals surface area contributed by atoms with Gasteiger partial charge in [-0.1, -0.05) is 6.92 Å². The van der Waals surface area contributed by atoms with Gasteiger partial charge in [0.05, 0.1) is 18.1 Å². The summed E-state index contributed by atoms with van der Waals surface area (Å²) in [5.41, 5.74) is 0. The molecule has 0 amide bonds. The Morgan fingerprint density at radius 1 is 1.44 bits per heavy atom. The Morgan fingerprint density at radius 3 is 2.69 bits per heavy atom. The first kappa shape index (κ1) is 14.2. The lowest BCUT2D eigenvalue weighted by Crippen LogP contribution is -2.43. The fourth-order valence-corrected chi connectivity index (χ4v) is 4.12. The summed E-state index contributed by atoms with van der Waals surface area (Å²) >= 11 is 0. The molecule has 4 nitrogen and oxygen atoms in total. The Labute approximate surface area is 103 Å². The molecule has 1 N–H and O–H groups in total. The molecule has 0 saturated carbocycles. The summed E-state index contributed by atoms with van der Waals surface area (Å²) in [6.07, 6.45) is 1.71. The summed E-state index contributed by atoms with van der Waals surface area (Å²) in [6, 6.07) is 0. The third-order valence-electron chi connectivity index (χ3n) is 3.15. The molecular weight excluding hydrogens is 250 g/mol. The van der Waals surface area contributed by atoms with Crippen molar-refractivity contribution in [2.24, 2.45) is 11.8 Å². The van der Waals surface area contributed by atoms with Gasteiger partial charge >= 0.3 is 0 Å². The van der Waals surface area contributed by atoms with Crippen LogP contribution in [0.15, 0.2) is 0 Å². The molecule has 0 aromatic rings. The molecule has 2 aliphatic heterocycles. The topological polar surface area (TPSA) is 55.4 Å². The summed E-state index contributed by atoms with van der Waals surface area (Å²) in [5, 5.41) is 3.31. The van der Waals surface area contributed by atoms with Gasteiger partial charge in [0.2, 0.25) is 0 Å². The van der Waals surface area contributed by atoms with E-state index >= 15 is 0 Å². The Bertz CT molecular complexity index is 312. The average molecular weight is 270 g/mol. The lowest BCUT2D eigenvalue weighted by molar-refractivity contribution is -0.0343. The van der Waals surface area contributed by atoms with Crippen molar-refractivity contribution in [1.82, 2.24) is 5.32 Å². The predicted molar refractivity (Wildman–Crippen MR) is 65.5 cm³/mol. The van der Waals surface area contributed by atoms with Crippen molar-refractivity contribution in [2.75, 3.05) is 24.7 Å². The molecule has 2 heterocycles. The van der Waals surface area contributed by atoms with E-state index in [0.29, 0.717) is 23.3 Å². The molecule has 2 aliphatic rings. The minimum absolute atomic E-state index is 0. The molecule has 2 fully saturated rings.